The molecule has 1 aliphatic heterocycles. The van der Waals surface area contributed by atoms with Crippen molar-refractivity contribution in [1.29, 1.82) is 0 Å². The van der Waals surface area contributed by atoms with Crippen LogP contribution in [-0.2, 0) is 6.54 Å². The molecule has 24 heavy (non-hydrogen) atoms. The Bertz CT molecular complexity index is 711. The smallest absolute Gasteiger partial charge is 0.273 e. The Hall–Kier alpha value is -2.21. The first-order valence-corrected chi connectivity index (χ1v) is 8.58. The second-order valence-corrected chi connectivity index (χ2v) is 7.00. The Kier molecular flexibility index (Phi) is 4.06. The molecular formula is C18H22N4O2. The maximum atomic E-state index is 12.4. The lowest BCUT2D eigenvalue weighted by Crippen LogP contribution is -2.39. The molecule has 2 aromatic rings. The summed E-state index contributed by atoms with van der Waals surface area (Å²) in [6.07, 6.45) is 5.96. The van der Waals surface area contributed by atoms with Gasteiger partial charge in [0.05, 0.1) is 0 Å². The van der Waals surface area contributed by atoms with Crippen molar-refractivity contribution >= 4 is 5.91 Å². The number of hydrogen-bond donors (Lipinski definition) is 1. The predicted octanol–water partition coefficient (Wildman–Crippen LogP) is 2.20. The number of amides is 1. The summed E-state index contributed by atoms with van der Waals surface area (Å²) in [6.45, 7) is 4.84. The van der Waals surface area contributed by atoms with Crippen LogP contribution in [-0.4, -0.2) is 40.1 Å². The van der Waals surface area contributed by atoms with E-state index in [2.05, 4.69) is 33.3 Å². The van der Waals surface area contributed by atoms with Crippen molar-refractivity contribution in [3.05, 3.63) is 47.6 Å². The molecule has 2 fully saturated rings. The van der Waals surface area contributed by atoms with Gasteiger partial charge in [-0.2, -0.15) is 0 Å². The number of rotatable bonds is 5. The van der Waals surface area contributed by atoms with E-state index < -0.39 is 0 Å². The quantitative estimate of drug-likeness (QED) is 0.912. The molecule has 0 bridgehead atoms. The Morgan fingerprint density at radius 3 is 3.04 bits per heavy atom. The van der Waals surface area contributed by atoms with E-state index in [0.29, 0.717) is 17.5 Å². The van der Waals surface area contributed by atoms with E-state index in [0.717, 1.165) is 38.2 Å². The highest BCUT2D eigenvalue weighted by atomic mass is 16.5. The van der Waals surface area contributed by atoms with Crippen LogP contribution in [0.15, 0.2) is 35.1 Å². The van der Waals surface area contributed by atoms with Gasteiger partial charge in [-0.1, -0.05) is 18.1 Å². The fourth-order valence-electron chi connectivity index (χ4n) is 3.33. The molecule has 2 aromatic heterocycles. The van der Waals surface area contributed by atoms with E-state index in [1.54, 1.807) is 12.3 Å². The van der Waals surface area contributed by atoms with Crippen molar-refractivity contribution in [2.24, 2.45) is 5.92 Å². The molecule has 1 amide bonds. The minimum absolute atomic E-state index is 0.134. The minimum Gasteiger partial charge on any atom is -0.360 e. The van der Waals surface area contributed by atoms with Gasteiger partial charge in [-0.25, -0.2) is 0 Å². The van der Waals surface area contributed by atoms with Crippen LogP contribution in [0.1, 0.15) is 47.5 Å². The normalized spacial score (nSPS) is 24.2. The van der Waals surface area contributed by atoms with Crippen LogP contribution in [0.4, 0.5) is 0 Å². The Morgan fingerprint density at radius 2 is 2.29 bits per heavy atom. The largest absolute Gasteiger partial charge is 0.360 e. The van der Waals surface area contributed by atoms with E-state index in [-0.39, 0.29) is 11.9 Å². The summed E-state index contributed by atoms with van der Waals surface area (Å²) in [5.41, 5.74) is 1.59. The van der Waals surface area contributed by atoms with E-state index in [1.165, 1.54) is 5.56 Å². The molecule has 2 atom stereocenters. The molecule has 1 N–H and O–H groups in total. The second kappa shape index (κ2) is 6.36. The zero-order valence-corrected chi connectivity index (χ0v) is 13.8. The van der Waals surface area contributed by atoms with Crippen LogP contribution in [0.25, 0.3) is 0 Å². The van der Waals surface area contributed by atoms with Crippen LogP contribution in [0.3, 0.4) is 0 Å². The van der Waals surface area contributed by atoms with Gasteiger partial charge in [-0.05, 0) is 30.4 Å². The number of nitrogens with zero attached hydrogens (tertiary/aromatic N) is 3. The predicted molar refractivity (Wildman–Crippen MR) is 88.4 cm³/mol. The van der Waals surface area contributed by atoms with E-state index in [9.17, 15) is 4.79 Å². The third-order valence-corrected chi connectivity index (χ3v) is 4.87. The third-order valence-electron chi connectivity index (χ3n) is 4.87. The standard InChI is InChI=1S/C18H22N4O2/c1-12-9-22(10-13-3-2-6-19-8-13)11-16(12)20-18(23)15-7-17(24-21-15)14-4-5-14/h2-3,6-8,12,14,16H,4-5,9-11H2,1H3,(H,20,23)/t12-,16-/m1/s1. The number of hydrogen-bond acceptors (Lipinski definition) is 5. The maximum Gasteiger partial charge on any atom is 0.273 e. The van der Waals surface area contributed by atoms with Gasteiger partial charge in [0, 0.05) is 50.1 Å². The lowest BCUT2D eigenvalue weighted by molar-refractivity contribution is 0.0922. The molecule has 0 unspecified atom stereocenters. The summed E-state index contributed by atoms with van der Waals surface area (Å²) in [6, 6.07) is 5.96. The molecule has 1 saturated carbocycles. The van der Waals surface area contributed by atoms with Crippen LogP contribution in [0.2, 0.25) is 0 Å². The molecule has 3 heterocycles. The summed E-state index contributed by atoms with van der Waals surface area (Å²) in [4.78, 5) is 18.9. The monoisotopic (exact) mass is 326 g/mol. The van der Waals surface area contributed by atoms with E-state index >= 15 is 0 Å². The molecule has 2 aliphatic rings. The second-order valence-electron chi connectivity index (χ2n) is 7.00. The summed E-state index contributed by atoms with van der Waals surface area (Å²) in [7, 11) is 0. The van der Waals surface area contributed by atoms with Gasteiger partial charge >= 0.3 is 0 Å². The highest BCUT2D eigenvalue weighted by Crippen LogP contribution is 2.40. The van der Waals surface area contributed by atoms with Gasteiger partial charge in [-0.15, -0.1) is 0 Å². The van der Waals surface area contributed by atoms with Crippen LogP contribution in [0, 0.1) is 5.92 Å². The first-order chi connectivity index (χ1) is 11.7. The summed E-state index contributed by atoms with van der Waals surface area (Å²) in [5, 5.41) is 7.04. The molecule has 6 heteroatoms. The molecule has 0 spiro atoms. The van der Waals surface area contributed by atoms with Crippen molar-refractivity contribution in [2.75, 3.05) is 13.1 Å². The Morgan fingerprint density at radius 1 is 1.42 bits per heavy atom. The number of nitrogens with one attached hydrogen (secondary N) is 1. The van der Waals surface area contributed by atoms with Crippen LogP contribution in [0.5, 0.6) is 0 Å². The van der Waals surface area contributed by atoms with Crippen LogP contribution < -0.4 is 5.32 Å². The van der Waals surface area contributed by atoms with Crippen molar-refractivity contribution in [3.63, 3.8) is 0 Å². The SMILES string of the molecule is C[C@@H]1CN(Cc2cccnc2)C[C@H]1NC(=O)c1cc(C2CC2)on1. The lowest BCUT2D eigenvalue weighted by atomic mass is 10.1. The van der Waals surface area contributed by atoms with Gasteiger partial charge < -0.3 is 9.84 Å². The number of aromatic nitrogens is 2. The average molecular weight is 326 g/mol. The lowest BCUT2D eigenvalue weighted by Gasteiger charge is -2.16. The maximum absolute atomic E-state index is 12.4. The van der Waals surface area contributed by atoms with Crippen molar-refractivity contribution in [1.82, 2.24) is 20.4 Å². The number of pyridine rings is 1. The minimum atomic E-state index is -0.134. The Balaban J connectivity index is 1.34. The first kappa shape index (κ1) is 15.3. The Labute approximate surface area is 141 Å². The molecule has 1 aliphatic carbocycles. The third kappa shape index (κ3) is 3.33. The molecule has 4 rings (SSSR count). The highest BCUT2D eigenvalue weighted by molar-refractivity contribution is 5.92. The van der Waals surface area contributed by atoms with Gasteiger partial charge in [-0.3, -0.25) is 14.7 Å². The molecule has 6 nitrogen and oxygen atoms in total. The topological polar surface area (TPSA) is 71.3 Å². The molecule has 0 aromatic carbocycles. The summed E-state index contributed by atoms with van der Waals surface area (Å²) >= 11 is 0. The number of likely N-dealkylation sites (tertiary alicyclic amines) is 1. The fourth-order valence-corrected chi connectivity index (χ4v) is 3.33. The van der Waals surface area contributed by atoms with Crippen molar-refractivity contribution in [3.8, 4) is 0 Å². The fraction of sp³-hybridized carbons (Fsp3) is 0.500. The van der Waals surface area contributed by atoms with Crippen molar-refractivity contribution in [2.45, 2.75) is 38.3 Å². The summed E-state index contributed by atoms with van der Waals surface area (Å²) in [5.74, 6) is 1.59. The zero-order valence-electron chi connectivity index (χ0n) is 13.8. The van der Waals surface area contributed by atoms with Crippen LogP contribution >= 0.6 is 0 Å². The molecule has 126 valence electrons. The molecule has 0 radical (unpaired) electrons. The van der Waals surface area contributed by atoms with E-state index in [1.807, 2.05) is 12.3 Å². The van der Waals surface area contributed by atoms with Gasteiger partial charge in [0.1, 0.15) is 5.76 Å². The zero-order chi connectivity index (χ0) is 16.5. The number of carbonyl (C=O) groups excluding carboxylic acids is 1. The molecule has 1 saturated heterocycles. The van der Waals surface area contributed by atoms with Gasteiger partial charge in [0.15, 0.2) is 5.69 Å². The highest BCUT2D eigenvalue weighted by Gasteiger charge is 2.33. The summed E-state index contributed by atoms with van der Waals surface area (Å²) < 4.78 is 5.27. The van der Waals surface area contributed by atoms with Gasteiger partial charge in [0.2, 0.25) is 0 Å². The van der Waals surface area contributed by atoms with Gasteiger partial charge in [0.25, 0.3) is 5.91 Å². The molecular weight excluding hydrogens is 304 g/mol. The van der Waals surface area contributed by atoms with E-state index in [4.69, 9.17) is 4.52 Å². The van der Waals surface area contributed by atoms with Crippen molar-refractivity contribution < 1.29 is 9.32 Å². The number of carbonyl (C=O) groups is 1. The average Bonchev–Trinajstić information content (AvgIpc) is 3.21. The first-order valence-electron chi connectivity index (χ1n) is 8.58.